The first kappa shape index (κ1) is 16.7. The van der Waals surface area contributed by atoms with Crippen molar-refractivity contribution in [3.8, 4) is 0 Å². The Labute approximate surface area is 124 Å². The molecule has 1 aromatic rings. The summed E-state index contributed by atoms with van der Waals surface area (Å²) in [4.78, 5) is 0. The lowest BCUT2D eigenvalue weighted by Gasteiger charge is -2.25. The molecule has 0 aliphatic rings. The molecule has 0 aliphatic heterocycles. The Balaban J connectivity index is 2.75. The fraction of sp³-hybridized carbons (Fsp3) is 0.474. The Bertz CT molecular complexity index is 428. The van der Waals surface area contributed by atoms with Gasteiger partial charge in [0.2, 0.25) is 0 Å². The Hall–Kier alpha value is -1.34. The molecule has 0 aliphatic carbocycles. The Morgan fingerprint density at radius 1 is 1.35 bits per heavy atom. The van der Waals surface area contributed by atoms with Gasteiger partial charge < -0.3 is 5.11 Å². The molecule has 0 aromatic heterocycles. The molecular formula is C19H28O. The summed E-state index contributed by atoms with van der Waals surface area (Å²) in [7, 11) is 0. The van der Waals surface area contributed by atoms with Crippen LogP contribution < -0.4 is 0 Å². The normalized spacial score (nSPS) is 16.5. The molecule has 1 N–H and O–H groups in total. The number of aliphatic hydroxyl groups is 1. The van der Waals surface area contributed by atoms with Gasteiger partial charge in [0.1, 0.15) is 0 Å². The van der Waals surface area contributed by atoms with Gasteiger partial charge in [0.25, 0.3) is 0 Å². The zero-order valence-electron chi connectivity index (χ0n) is 13.1. The average Bonchev–Trinajstić information content (AvgIpc) is 2.43. The number of hydrogen-bond acceptors (Lipinski definition) is 1. The minimum Gasteiger partial charge on any atom is -0.386 e. The standard InChI is InChI=1S/C19H28O/c1-5-7-11-16(3)14-19(4,20)15-17(6-2)18-12-9-8-10-13-18/h6,8-10,12-14,17,20H,2,5,7,11,15H2,1,3-4H3/b16-14+/t17-,19+/m1/s1. The molecule has 1 aromatic carbocycles. The van der Waals surface area contributed by atoms with Crippen molar-refractivity contribution in [2.75, 3.05) is 0 Å². The quantitative estimate of drug-likeness (QED) is 0.642. The molecule has 0 bridgehead atoms. The highest BCUT2D eigenvalue weighted by molar-refractivity contribution is 5.24. The second-order valence-corrected chi connectivity index (χ2v) is 5.91. The van der Waals surface area contributed by atoms with Crippen LogP contribution in [0.1, 0.15) is 57.9 Å². The van der Waals surface area contributed by atoms with Gasteiger partial charge in [-0.2, -0.15) is 0 Å². The molecule has 0 amide bonds. The molecule has 1 rings (SSSR count). The lowest BCUT2D eigenvalue weighted by Crippen LogP contribution is -2.24. The van der Waals surface area contributed by atoms with Gasteiger partial charge in [-0.3, -0.25) is 0 Å². The van der Waals surface area contributed by atoms with E-state index in [1.807, 2.05) is 37.3 Å². The van der Waals surface area contributed by atoms with Crippen LogP contribution in [0.2, 0.25) is 0 Å². The van der Waals surface area contributed by atoms with Gasteiger partial charge in [-0.05, 0) is 38.7 Å². The molecular weight excluding hydrogens is 244 g/mol. The zero-order chi connectivity index (χ0) is 15.0. The Morgan fingerprint density at radius 3 is 2.55 bits per heavy atom. The second kappa shape index (κ2) is 8.06. The lowest BCUT2D eigenvalue weighted by atomic mass is 9.85. The summed E-state index contributed by atoms with van der Waals surface area (Å²) in [6.07, 6.45) is 8.05. The third kappa shape index (κ3) is 5.75. The maximum absolute atomic E-state index is 10.6. The number of allylic oxidation sites excluding steroid dienone is 2. The van der Waals surface area contributed by atoms with E-state index in [4.69, 9.17) is 0 Å². The summed E-state index contributed by atoms with van der Waals surface area (Å²) >= 11 is 0. The third-order valence-corrected chi connectivity index (χ3v) is 3.63. The van der Waals surface area contributed by atoms with E-state index in [9.17, 15) is 5.11 Å². The molecule has 20 heavy (non-hydrogen) atoms. The molecule has 2 atom stereocenters. The van der Waals surface area contributed by atoms with Crippen LogP contribution in [0.3, 0.4) is 0 Å². The average molecular weight is 272 g/mol. The first-order valence-corrected chi connectivity index (χ1v) is 7.56. The van der Waals surface area contributed by atoms with Crippen molar-refractivity contribution in [3.63, 3.8) is 0 Å². The minimum atomic E-state index is -0.785. The maximum Gasteiger partial charge on any atom is 0.0811 e. The molecule has 0 spiro atoms. The topological polar surface area (TPSA) is 20.2 Å². The first-order valence-electron chi connectivity index (χ1n) is 7.56. The van der Waals surface area contributed by atoms with E-state index in [1.165, 1.54) is 24.0 Å². The molecule has 0 fully saturated rings. The van der Waals surface area contributed by atoms with E-state index in [0.29, 0.717) is 6.42 Å². The van der Waals surface area contributed by atoms with Gasteiger partial charge in [0.15, 0.2) is 0 Å². The minimum absolute atomic E-state index is 0.182. The summed E-state index contributed by atoms with van der Waals surface area (Å²) in [6, 6.07) is 10.3. The van der Waals surface area contributed by atoms with Gasteiger partial charge in [-0.15, -0.1) is 6.58 Å². The van der Waals surface area contributed by atoms with Crippen molar-refractivity contribution in [2.45, 2.75) is 58.0 Å². The predicted octanol–water partition coefficient (Wildman–Crippen LogP) is 5.23. The lowest BCUT2D eigenvalue weighted by molar-refractivity contribution is 0.0967. The SMILES string of the molecule is C=C[C@H](C[C@@](C)(O)/C=C(\C)CCCC)c1ccccc1. The zero-order valence-corrected chi connectivity index (χ0v) is 13.1. The van der Waals surface area contributed by atoms with Crippen LogP contribution in [0.4, 0.5) is 0 Å². The van der Waals surface area contributed by atoms with Crippen LogP contribution in [0.15, 0.2) is 54.6 Å². The van der Waals surface area contributed by atoms with E-state index in [-0.39, 0.29) is 5.92 Å². The summed E-state index contributed by atoms with van der Waals surface area (Å²) in [6.45, 7) is 10.1. The Kier molecular flexibility index (Phi) is 6.74. The van der Waals surface area contributed by atoms with Crippen LogP contribution in [0.5, 0.6) is 0 Å². The molecule has 0 unspecified atom stereocenters. The number of rotatable bonds is 8. The van der Waals surface area contributed by atoms with Crippen molar-refractivity contribution < 1.29 is 5.11 Å². The van der Waals surface area contributed by atoms with Crippen LogP contribution in [-0.2, 0) is 0 Å². The molecule has 0 radical (unpaired) electrons. The van der Waals surface area contributed by atoms with Gasteiger partial charge in [0, 0.05) is 5.92 Å². The summed E-state index contributed by atoms with van der Waals surface area (Å²) < 4.78 is 0. The molecule has 0 saturated heterocycles. The maximum atomic E-state index is 10.6. The van der Waals surface area contributed by atoms with E-state index < -0.39 is 5.60 Å². The molecule has 0 saturated carbocycles. The van der Waals surface area contributed by atoms with Crippen LogP contribution in [-0.4, -0.2) is 10.7 Å². The highest BCUT2D eigenvalue weighted by atomic mass is 16.3. The van der Waals surface area contributed by atoms with Gasteiger partial charge in [-0.1, -0.05) is 61.4 Å². The highest BCUT2D eigenvalue weighted by Gasteiger charge is 2.22. The highest BCUT2D eigenvalue weighted by Crippen LogP contribution is 2.29. The van der Waals surface area contributed by atoms with E-state index in [2.05, 4.69) is 32.6 Å². The van der Waals surface area contributed by atoms with Crippen molar-refractivity contribution in [1.82, 2.24) is 0 Å². The smallest absolute Gasteiger partial charge is 0.0811 e. The summed E-state index contributed by atoms with van der Waals surface area (Å²) in [5.41, 5.74) is 1.70. The fourth-order valence-electron chi connectivity index (χ4n) is 2.60. The van der Waals surface area contributed by atoms with Gasteiger partial charge in [0.05, 0.1) is 5.60 Å². The molecule has 0 heterocycles. The van der Waals surface area contributed by atoms with Crippen molar-refractivity contribution in [3.05, 3.63) is 60.2 Å². The van der Waals surface area contributed by atoms with E-state index in [0.717, 1.165) is 6.42 Å². The summed E-state index contributed by atoms with van der Waals surface area (Å²) in [5, 5.41) is 10.6. The van der Waals surface area contributed by atoms with Crippen LogP contribution in [0, 0.1) is 0 Å². The molecule has 110 valence electrons. The van der Waals surface area contributed by atoms with Gasteiger partial charge >= 0.3 is 0 Å². The largest absolute Gasteiger partial charge is 0.386 e. The van der Waals surface area contributed by atoms with E-state index >= 15 is 0 Å². The van der Waals surface area contributed by atoms with E-state index in [1.54, 1.807) is 0 Å². The summed E-state index contributed by atoms with van der Waals surface area (Å²) in [5.74, 6) is 0.182. The Morgan fingerprint density at radius 2 is 2.00 bits per heavy atom. The third-order valence-electron chi connectivity index (χ3n) is 3.63. The number of unbranched alkanes of at least 4 members (excludes halogenated alkanes) is 1. The van der Waals surface area contributed by atoms with Crippen LogP contribution >= 0.6 is 0 Å². The predicted molar refractivity (Wildman–Crippen MR) is 87.9 cm³/mol. The number of benzene rings is 1. The molecule has 1 heteroatoms. The van der Waals surface area contributed by atoms with Gasteiger partial charge in [-0.25, -0.2) is 0 Å². The van der Waals surface area contributed by atoms with Crippen molar-refractivity contribution in [1.29, 1.82) is 0 Å². The fourth-order valence-corrected chi connectivity index (χ4v) is 2.60. The first-order chi connectivity index (χ1) is 9.48. The monoisotopic (exact) mass is 272 g/mol. The number of hydrogen-bond donors (Lipinski definition) is 1. The molecule has 1 nitrogen and oxygen atoms in total. The van der Waals surface area contributed by atoms with Crippen molar-refractivity contribution >= 4 is 0 Å². The van der Waals surface area contributed by atoms with Crippen molar-refractivity contribution in [2.24, 2.45) is 0 Å². The second-order valence-electron chi connectivity index (χ2n) is 5.91. The van der Waals surface area contributed by atoms with Crippen LogP contribution in [0.25, 0.3) is 0 Å².